The van der Waals surface area contributed by atoms with Crippen LogP contribution in [0.1, 0.15) is 56.7 Å². The summed E-state index contributed by atoms with van der Waals surface area (Å²) < 4.78 is 0. The van der Waals surface area contributed by atoms with Crippen LogP contribution in [0.25, 0.3) is 0 Å². The van der Waals surface area contributed by atoms with Gasteiger partial charge in [-0.05, 0) is 61.0 Å². The quantitative estimate of drug-likeness (QED) is 0.846. The summed E-state index contributed by atoms with van der Waals surface area (Å²) in [7, 11) is 0. The maximum Gasteiger partial charge on any atom is 0.0210 e. The molecule has 2 bridgehead atoms. The molecule has 0 amide bonds. The predicted octanol–water partition coefficient (Wildman–Crippen LogP) is 4.61. The summed E-state index contributed by atoms with van der Waals surface area (Å²) in [6.07, 6.45) is 4.20. The lowest BCUT2D eigenvalue weighted by Gasteiger charge is -2.39. The van der Waals surface area contributed by atoms with Gasteiger partial charge in [-0.2, -0.15) is 0 Å². The van der Waals surface area contributed by atoms with E-state index < -0.39 is 0 Å². The topological polar surface area (TPSA) is 12.0 Å². The summed E-state index contributed by atoms with van der Waals surface area (Å²) in [5.41, 5.74) is 5.23. The van der Waals surface area contributed by atoms with E-state index in [0.717, 1.165) is 12.5 Å². The number of benzene rings is 1. The molecule has 0 unspecified atom stereocenters. The first-order valence-corrected chi connectivity index (χ1v) is 8.14. The van der Waals surface area contributed by atoms with E-state index in [1.54, 1.807) is 0 Å². The van der Waals surface area contributed by atoms with E-state index in [1.165, 1.54) is 36.0 Å². The van der Waals surface area contributed by atoms with Crippen LogP contribution in [0.5, 0.6) is 0 Å². The molecule has 1 aromatic carbocycles. The van der Waals surface area contributed by atoms with Gasteiger partial charge >= 0.3 is 0 Å². The molecule has 1 heteroatoms. The van der Waals surface area contributed by atoms with Crippen molar-refractivity contribution in [1.29, 1.82) is 0 Å². The van der Waals surface area contributed by atoms with Gasteiger partial charge in [-0.3, -0.25) is 0 Å². The van der Waals surface area contributed by atoms with E-state index in [1.807, 2.05) is 0 Å². The molecular formula is C19H29N. The van der Waals surface area contributed by atoms with Gasteiger partial charge in [-0.25, -0.2) is 0 Å². The average molecular weight is 271 g/mol. The molecule has 0 heterocycles. The number of aryl methyl sites for hydroxylation is 2. The van der Waals surface area contributed by atoms with E-state index in [2.05, 4.69) is 58.1 Å². The van der Waals surface area contributed by atoms with Gasteiger partial charge in [0.2, 0.25) is 0 Å². The maximum absolute atomic E-state index is 3.89. The van der Waals surface area contributed by atoms with Gasteiger partial charge in [0, 0.05) is 12.6 Å². The fourth-order valence-electron chi connectivity index (χ4n) is 4.79. The first kappa shape index (κ1) is 14.1. The standard InChI is InChI=1S/C19H29N/c1-13-6-7-15(14(2)10-13)12-20-17-11-16-8-9-19(17,5)18(16,3)4/h6-7,10,16-17,20H,8-9,11-12H2,1-5H3/t16-,17+,19+/m0/s1. The Morgan fingerprint density at radius 2 is 1.95 bits per heavy atom. The highest BCUT2D eigenvalue weighted by Gasteiger charge is 2.60. The van der Waals surface area contributed by atoms with Gasteiger partial charge in [0.25, 0.3) is 0 Å². The van der Waals surface area contributed by atoms with Gasteiger partial charge in [0.15, 0.2) is 0 Å². The molecular weight excluding hydrogens is 242 g/mol. The molecule has 2 saturated carbocycles. The summed E-state index contributed by atoms with van der Waals surface area (Å²) in [6.45, 7) is 12.9. The van der Waals surface area contributed by atoms with E-state index >= 15 is 0 Å². The lowest BCUT2D eigenvalue weighted by molar-refractivity contribution is 0.120. The number of hydrogen-bond acceptors (Lipinski definition) is 1. The second kappa shape index (κ2) is 4.59. The second-order valence-electron chi connectivity index (χ2n) is 7.97. The molecule has 0 radical (unpaired) electrons. The lowest BCUT2D eigenvalue weighted by atomic mass is 9.69. The third-order valence-corrected chi connectivity index (χ3v) is 6.83. The van der Waals surface area contributed by atoms with Crippen LogP contribution in [0.15, 0.2) is 18.2 Å². The molecule has 20 heavy (non-hydrogen) atoms. The normalized spacial score (nSPS) is 34.6. The summed E-state index contributed by atoms with van der Waals surface area (Å²) in [5, 5.41) is 3.89. The van der Waals surface area contributed by atoms with Crippen LogP contribution in [-0.4, -0.2) is 6.04 Å². The van der Waals surface area contributed by atoms with Crippen LogP contribution >= 0.6 is 0 Å². The second-order valence-corrected chi connectivity index (χ2v) is 7.97. The third kappa shape index (κ3) is 1.94. The average Bonchev–Trinajstić information content (AvgIpc) is 2.70. The molecule has 3 atom stereocenters. The lowest BCUT2D eigenvalue weighted by Crippen LogP contribution is -2.44. The van der Waals surface area contributed by atoms with Crippen molar-refractivity contribution in [1.82, 2.24) is 5.32 Å². The van der Waals surface area contributed by atoms with Gasteiger partial charge in [-0.15, -0.1) is 0 Å². The van der Waals surface area contributed by atoms with Crippen molar-refractivity contribution in [2.75, 3.05) is 0 Å². The minimum absolute atomic E-state index is 0.482. The molecule has 2 aliphatic carbocycles. The van der Waals surface area contributed by atoms with Crippen LogP contribution in [0.2, 0.25) is 0 Å². The van der Waals surface area contributed by atoms with Crippen LogP contribution in [0, 0.1) is 30.6 Å². The molecule has 110 valence electrons. The summed E-state index contributed by atoms with van der Waals surface area (Å²) >= 11 is 0. The molecule has 2 fully saturated rings. The Kier molecular flexibility index (Phi) is 3.25. The smallest absolute Gasteiger partial charge is 0.0210 e. The molecule has 2 aliphatic rings. The van der Waals surface area contributed by atoms with Crippen molar-refractivity contribution in [3.8, 4) is 0 Å². The molecule has 0 aliphatic heterocycles. The van der Waals surface area contributed by atoms with E-state index in [0.29, 0.717) is 16.9 Å². The van der Waals surface area contributed by atoms with E-state index in [4.69, 9.17) is 0 Å². The number of fused-ring (bicyclic) bond motifs is 2. The van der Waals surface area contributed by atoms with Crippen molar-refractivity contribution >= 4 is 0 Å². The Morgan fingerprint density at radius 3 is 2.50 bits per heavy atom. The molecule has 3 rings (SSSR count). The molecule has 1 N–H and O–H groups in total. The highest BCUT2D eigenvalue weighted by atomic mass is 15.0. The van der Waals surface area contributed by atoms with Crippen molar-refractivity contribution in [2.24, 2.45) is 16.7 Å². The highest BCUT2D eigenvalue weighted by molar-refractivity contribution is 5.30. The first-order chi connectivity index (χ1) is 9.34. The fourth-order valence-corrected chi connectivity index (χ4v) is 4.79. The van der Waals surface area contributed by atoms with E-state index in [9.17, 15) is 0 Å². The minimum Gasteiger partial charge on any atom is -0.309 e. The van der Waals surface area contributed by atoms with Crippen LogP contribution in [0.4, 0.5) is 0 Å². The maximum atomic E-state index is 3.89. The minimum atomic E-state index is 0.482. The first-order valence-electron chi connectivity index (χ1n) is 8.14. The van der Waals surface area contributed by atoms with Crippen LogP contribution in [0.3, 0.4) is 0 Å². The van der Waals surface area contributed by atoms with Gasteiger partial charge in [0.05, 0.1) is 0 Å². The molecule has 0 aromatic heterocycles. The number of hydrogen-bond donors (Lipinski definition) is 1. The van der Waals surface area contributed by atoms with Crippen molar-refractivity contribution in [3.05, 3.63) is 34.9 Å². The van der Waals surface area contributed by atoms with Crippen LogP contribution in [-0.2, 0) is 6.54 Å². The number of nitrogens with one attached hydrogen (secondary N) is 1. The molecule has 0 saturated heterocycles. The Balaban J connectivity index is 1.71. The van der Waals surface area contributed by atoms with Gasteiger partial charge < -0.3 is 5.32 Å². The van der Waals surface area contributed by atoms with Crippen molar-refractivity contribution < 1.29 is 0 Å². The Hall–Kier alpha value is -0.820. The monoisotopic (exact) mass is 271 g/mol. The summed E-state index contributed by atoms with van der Waals surface area (Å²) in [5.74, 6) is 0.920. The van der Waals surface area contributed by atoms with Gasteiger partial charge in [-0.1, -0.05) is 44.5 Å². The Bertz CT molecular complexity index is 516. The fraction of sp³-hybridized carbons (Fsp3) is 0.684. The zero-order chi connectivity index (χ0) is 14.5. The number of rotatable bonds is 3. The summed E-state index contributed by atoms with van der Waals surface area (Å²) in [4.78, 5) is 0. The predicted molar refractivity (Wildman–Crippen MR) is 85.8 cm³/mol. The molecule has 1 aromatic rings. The third-order valence-electron chi connectivity index (χ3n) is 6.83. The zero-order valence-electron chi connectivity index (χ0n) is 13.7. The van der Waals surface area contributed by atoms with E-state index in [-0.39, 0.29) is 0 Å². The Morgan fingerprint density at radius 1 is 1.20 bits per heavy atom. The largest absolute Gasteiger partial charge is 0.309 e. The molecule has 0 spiro atoms. The molecule has 1 nitrogen and oxygen atoms in total. The van der Waals surface area contributed by atoms with Crippen molar-refractivity contribution in [2.45, 2.75) is 66.5 Å². The summed E-state index contributed by atoms with van der Waals surface area (Å²) in [6, 6.07) is 7.51. The zero-order valence-corrected chi connectivity index (χ0v) is 13.7. The van der Waals surface area contributed by atoms with Crippen molar-refractivity contribution in [3.63, 3.8) is 0 Å². The SMILES string of the molecule is Cc1ccc(CN[C@@H]2C[C@@H]3CC[C@@]2(C)C3(C)C)c(C)c1. The highest BCUT2D eigenvalue weighted by Crippen LogP contribution is 2.65. The van der Waals surface area contributed by atoms with Gasteiger partial charge in [0.1, 0.15) is 0 Å². The van der Waals surface area contributed by atoms with Crippen LogP contribution < -0.4 is 5.32 Å². The Labute approximate surface area is 124 Å².